The Bertz CT molecular complexity index is 906. The topological polar surface area (TPSA) is 99.8 Å². The first kappa shape index (κ1) is 10.9. The molecule has 0 fully saturated rings. The second-order valence-electron chi connectivity index (χ2n) is 4.35. The summed E-state index contributed by atoms with van der Waals surface area (Å²) in [5.41, 5.74) is 8.88. The molecule has 8 heteroatoms. The van der Waals surface area contributed by atoms with E-state index in [9.17, 15) is 0 Å². The van der Waals surface area contributed by atoms with Gasteiger partial charge in [0.25, 0.3) is 0 Å². The summed E-state index contributed by atoms with van der Waals surface area (Å²) in [5, 5.41) is 4.21. The summed E-state index contributed by atoms with van der Waals surface area (Å²) < 4.78 is 3.69. The molecular formula is C12H10N8. The maximum absolute atomic E-state index is 5.78. The van der Waals surface area contributed by atoms with Crippen LogP contribution in [0.5, 0.6) is 0 Å². The number of fused-ring (bicyclic) bond motifs is 2. The Balaban J connectivity index is 1.85. The van der Waals surface area contributed by atoms with Gasteiger partial charge in [0, 0.05) is 0 Å². The van der Waals surface area contributed by atoms with Crippen molar-refractivity contribution in [3.8, 4) is 0 Å². The monoisotopic (exact) mass is 266 g/mol. The summed E-state index contributed by atoms with van der Waals surface area (Å²) in [6, 6.07) is 5.84. The Kier molecular flexibility index (Phi) is 2.16. The normalized spacial score (nSPS) is 11.4. The first-order valence-corrected chi connectivity index (χ1v) is 6.02. The van der Waals surface area contributed by atoms with Gasteiger partial charge in [-0.2, -0.15) is 5.10 Å². The number of hydrogen-bond acceptors (Lipinski definition) is 6. The van der Waals surface area contributed by atoms with Crippen LogP contribution in [0.4, 0.5) is 5.82 Å². The van der Waals surface area contributed by atoms with Gasteiger partial charge in [-0.1, -0.05) is 6.07 Å². The Hall–Kier alpha value is -3.03. The summed E-state index contributed by atoms with van der Waals surface area (Å²) in [7, 11) is 0. The number of aromatic nitrogens is 7. The fraction of sp³-hybridized carbons (Fsp3) is 0.0833. The second kappa shape index (κ2) is 3.98. The Morgan fingerprint density at radius 2 is 2.00 bits per heavy atom. The van der Waals surface area contributed by atoms with Crippen molar-refractivity contribution in [2.45, 2.75) is 6.54 Å². The Labute approximate surface area is 112 Å². The molecule has 0 aliphatic rings. The van der Waals surface area contributed by atoms with Crippen molar-refractivity contribution >= 4 is 22.6 Å². The van der Waals surface area contributed by atoms with E-state index in [-0.39, 0.29) is 0 Å². The number of nitrogens with two attached hydrogens (primary N) is 1. The van der Waals surface area contributed by atoms with Gasteiger partial charge >= 0.3 is 0 Å². The fourth-order valence-electron chi connectivity index (χ4n) is 2.21. The zero-order valence-electron chi connectivity index (χ0n) is 10.4. The van der Waals surface area contributed by atoms with Gasteiger partial charge in [-0.05, 0) is 12.1 Å². The van der Waals surface area contributed by atoms with Gasteiger partial charge in [0.05, 0.1) is 18.6 Å². The quantitative estimate of drug-likeness (QED) is 0.567. The molecular weight excluding hydrogens is 256 g/mol. The van der Waals surface area contributed by atoms with Crippen molar-refractivity contribution < 1.29 is 0 Å². The van der Waals surface area contributed by atoms with Gasteiger partial charge < -0.3 is 10.3 Å². The number of imidazole rings is 1. The molecule has 0 amide bonds. The maximum Gasteiger partial charge on any atom is 0.165 e. The van der Waals surface area contributed by atoms with E-state index in [1.54, 1.807) is 10.8 Å². The highest BCUT2D eigenvalue weighted by atomic mass is 15.3. The van der Waals surface area contributed by atoms with E-state index < -0.39 is 0 Å². The molecule has 0 atom stereocenters. The predicted octanol–water partition coefficient (Wildman–Crippen LogP) is 0.499. The zero-order chi connectivity index (χ0) is 13.5. The lowest BCUT2D eigenvalue weighted by molar-refractivity contribution is 0.745. The third kappa shape index (κ3) is 1.51. The number of pyridine rings is 1. The zero-order valence-corrected chi connectivity index (χ0v) is 10.4. The van der Waals surface area contributed by atoms with Crippen molar-refractivity contribution in [2.75, 3.05) is 5.73 Å². The maximum atomic E-state index is 5.78. The summed E-state index contributed by atoms with van der Waals surface area (Å²) in [6.45, 7) is 0.577. The van der Waals surface area contributed by atoms with Gasteiger partial charge in [-0.3, -0.25) is 0 Å². The molecule has 0 bridgehead atoms. The van der Waals surface area contributed by atoms with Gasteiger partial charge in [0.15, 0.2) is 17.1 Å². The molecule has 0 aliphatic heterocycles. The molecule has 0 unspecified atom stereocenters. The molecule has 2 N–H and O–H groups in total. The van der Waals surface area contributed by atoms with E-state index in [1.807, 2.05) is 22.8 Å². The third-order valence-corrected chi connectivity index (χ3v) is 3.14. The fourth-order valence-corrected chi connectivity index (χ4v) is 2.21. The van der Waals surface area contributed by atoms with Crippen LogP contribution in [0, 0.1) is 0 Å². The van der Waals surface area contributed by atoms with Crippen LogP contribution in [0.15, 0.2) is 37.2 Å². The van der Waals surface area contributed by atoms with E-state index >= 15 is 0 Å². The minimum Gasteiger partial charge on any atom is -0.382 e. The van der Waals surface area contributed by atoms with Crippen LogP contribution < -0.4 is 5.73 Å². The van der Waals surface area contributed by atoms with Gasteiger partial charge in [0.1, 0.15) is 18.2 Å². The lowest BCUT2D eigenvalue weighted by Gasteiger charge is -2.05. The molecule has 8 nitrogen and oxygen atoms in total. The molecule has 0 saturated heterocycles. The van der Waals surface area contributed by atoms with Crippen LogP contribution in [0.1, 0.15) is 5.69 Å². The highest BCUT2D eigenvalue weighted by Crippen LogP contribution is 2.15. The summed E-state index contributed by atoms with van der Waals surface area (Å²) in [4.78, 5) is 16.6. The summed E-state index contributed by atoms with van der Waals surface area (Å²) in [5.74, 6) is 0.382. The highest BCUT2D eigenvalue weighted by molar-refractivity contribution is 5.81. The minimum absolute atomic E-state index is 0.382. The number of rotatable bonds is 2. The second-order valence-corrected chi connectivity index (χ2v) is 4.35. The molecule has 4 aromatic heterocycles. The van der Waals surface area contributed by atoms with Crippen molar-refractivity contribution in [1.82, 2.24) is 34.1 Å². The Morgan fingerprint density at radius 1 is 1.05 bits per heavy atom. The van der Waals surface area contributed by atoms with E-state index in [0.717, 1.165) is 11.3 Å². The Morgan fingerprint density at radius 3 is 2.95 bits per heavy atom. The third-order valence-electron chi connectivity index (χ3n) is 3.14. The van der Waals surface area contributed by atoms with Gasteiger partial charge in [0.2, 0.25) is 0 Å². The molecule has 0 radical (unpaired) electrons. The van der Waals surface area contributed by atoms with Crippen molar-refractivity contribution in [1.29, 1.82) is 0 Å². The van der Waals surface area contributed by atoms with E-state index in [0.29, 0.717) is 23.5 Å². The number of nitrogen functional groups attached to an aromatic ring is 1. The molecule has 98 valence electrons. The number of hydrogen-bond donors (Lipinski definition) is 1. The van der Waals surface area contributed by atoms with Crippen molar-refractivity contribution in [3.63, 3.8) is 0 Å². The molecule has 0 saturated carbocycles. The molecule has 4 aromatic rings. The van der Waals surface area contributed by atoms with Crippen LogP contribution >= 0.6 is 0 Å². The first-order valence-electron chi connectivity index (χ1n) is 6.02. The van der Waals surface area contributed by atoms with Crippen LogP contribution in [-0.2, 0) is 6.54 Å². The smallest absolute Gasteiger partial charge is 0.165 e. The first-order chi connectivity index (χ1) is 9.83. The number of anilines is 1. The van der Waals surface area contributed by atoms with Crippen LogP contribution in [0.25, 0.3) is 16.8 Å². The average molecular weight is 266 g/mol. The van der Waals surface area contributed by atoms with Crippen molar-refractivity contribution in [3.05, 3.63) is 42.9 Å². The standard InChI is InChI=1S/C12H10N8/c13-11-10-12(16-5-15-11)19(7-17-10)4-8-2-1-3-9-14-6-18-20(8)9/h1-3,5-7H,4H2,(H2,13,15,16). The lowest BCUT2D eigenvalue weighted by atomic mass is 10.3. The molecule has 0 spiro atoms. The number of nitrogens with zero attached hydrogens (tertiary/aromatic N) is 7. The van der Waals surface area contributed by atoms with Crippen LogP contribution in [0.2, 0.25) is 0 Å². The van der Waals surface area contributed by atoms with Gasteiger partial charge in [-0.25, -0.2) is 24.5 Å². The summed E-state index contributed by atoms with van der Waals surface area (Å²) >= 11 is 0. The largest absolute Gasteiger partial charge is 0.382 e. The molecule has 4 heterocycles. The van der Waals surface area contributed by atoms with Gasteiger partial charge in [-0.15, -0.1) is 0 Å². The van der Waals surface area contributed by atoms with Crippen molar-refractivity contribution in [2.24, 2.45) is 0 Å². The van der Waals surface area contributed by atoms with Crippen LogP contribution in [-0.4, -0.2) is 34.1 Å². The van der Waals surface area contributed by atoms with Crippen LogP contribution in [0.3, 0.4) is 0 Å². The average Bonchev–Trinajstić information content (AvgIpc) is 3.07. The molecule has 20 heavy (non-hydrogen) atoms. The molecule has 0 aliphatic carbocycles. The van der Waals surface area contributed by atoms with E-state index in [1.165, 1.54) is 12.7 Å². The predicted molar refractivity (Wildman–Crippen MR) is 71.8 cm³/mol. The summed E-state index contributed by atoms with van der Waals surface area (Å²) in [6.07, 6.45) is 4.67. The van der Waals surface area contributed by atoms with E-state index in [2.05, 4.69) is 25.0 Å². The minimum atomic E-state index is 0.382. The van der Waals surface area contributed by atoms with E-state index in [4.69, 9.17) is 5.73 Å². The highest BCUT2D eigenvalue weighted by Gasteiger charge is 2.09. The molecule has 0 aromatic carbocycles. The molecule has 4 rings (SSSR count). The lowest BCUT2D eigenvalue weighted by Crippen LogP contribution is -2.06. The SMILES string of the molecule is Nc1ncnc2c1ncn2Cc1cccc2ncnn12.